The topological polar surface area (TPSA) is 52.1 Å². The lowest BCUT2D eigenvalue weighted by molar-refractivity contribution is -0.147. The summed E-state index contributed by atoms with van der Waals surface area (Å²) in [6.45, 7) is 0. The molecular weight excluding hydrogens is 392 g/mol. The van der Waals surface area contributed by atoms with Crippen molar-refractivity contribution >= 4 is 40.2 Å². The van der Waals surface area contributed by atoms with E-state index in [-0.39, 0.29) is 17.8 Å². The van der Waals surface area contributed by atoms with Gasteiger partial charge in [-0.05, 0) is 43.9 Å². The molecule has 0 spiro atoms. The Morgan fingerprint density at radius 2 is 1.86 bits per heavy atom. The van der Waals surface area contributed by atoms with Crippen LogP contribution in [-0.4, -0.2) is 27.8 Å². The minimum Gasteiger partial charge on any atom is -0.462 e. The fourth-order valence-electron chi connectivity index (χ4n) is 3.43. The van der Waals surface area contributed by atoms with Gasteiger partial charge in [0.15, 0.2) is 5.82 Å². The van der Waals surface area contributed by atoms with Crippen LogP contribution in [0.15, 0.2) is 53.6 Å². The Morgan fingerprint density at radius 3 is 2.64 bits per heavy atom. The zero-order valence-electron chi connectivity index (χ0n) is 15.4. The van der Waals surface area contributed by atoms with Gasteiger partial charge in [-0.1, -0.05) is 60.1 Å². The summed E-state index contributed by atoms with van der Waals surface area (Å²) in [5.41, 5.74) is 1.74. The molecule has 4 rings (SSSR count). The Labute approximate surface area is 173 Å². The molecule has 0 amide bonds. The molecule has 1 aliphatic carbocycles. The zero-order chi connectivity index (χ0) is 19.3. The van der Waals surface area contributed by atoms with Crippen LogP contribution in [0.5, 0.6) is 0 Å². The molecule has 1 aromatic heterocycles. The van der Waals surface area contributed by atoms with Crippen molar-refractivity contribution in [1.82, 2.24) is 9.97 Å². The average Bonchev–Trinajstić information content (AvgIpc) is 2.73. The van der Waals surface area contributed by atoms with Crippen LogP contribution in [0.25, 0.3) is 22.3 Å². The Kier molecular flexibility index (Phi) is 6.13. The van der Waals surface area contributed by atoms with Gasteiger partial charge in [-0.25, -0.2) is 9.97 Å². The van der Waals surface area contributed by atoms with Gasteiger partial charge in [-0.15, -0.1) is 0 Å². The third-order valence-electron chi connectivity index (χ3n) is 4.83. The van der Waals surface area contributed by atoms with Crippen LogP contribution in [0.2, 0.25) is 5.02 Å². The molecule has 0 unspecified atom stereocenters. The minimum absolute atomic E-state index is 0.0679. The van der Waals surface area contributed by atoms with Crippen LogP contribution < -0.4 is 0 Å². The van der Waals surface area contributed by atoms with E-state index in [2.05, 4.69) is 4.98 Å². The molecule has 144 valence electrons. The molecule has 0 aliphatic heterocycles. The first kappa shape index (κ1) is 19.2. The van der Waals surface area contributed by atoms with Crippen LogP contribution in [0.1, 0.15) is 32.1 Å². The van der Waals surface area contributed by atoms with Gasteiger partial charge in [-0.2, -0.15) is 0 Å². The first-order chi connectivity index (χ1) is 13.7. The highest BCUT2D eigenvalue weighted by Gasteiger charge is 2.19. The summed E-state index contributed by atoms with van der Waals surface area (Å²) < 4.78 is 5.63. The molecule has 1 saturated carbocycles. The van der Waals surface area contributed by atoms with E-state index in [4.69, 9.17) is 21.3 Å². The van der Waals surface area contributed by atoms with Crippen LogP contribution in [0.3, 0.4) is 0 Å². The van der Waals surface area contributed by atoms with E-state index in [1.54, 1.807) is 0 Å². The van der Waals surface area contributed by atoms with Gasteiger partial charge >= 0.3 is 5.97 Å². The van der Waals surface area contributed by atoms with Crippen molar-refractivity contribution < 1.29 is 9.53 Å². The van der Waals surface area contributed by atoms with E-state index in [0.29, 0.717) is 10.8 Å². The van der Waals surface area contributed by atoms with Gasteiger partial charge in [0.1, 0.15) is 11.1 Å². The average molecular weight is 413 g/mol. The third kappa shape index (κ3) is 4.65. The first-order valence-electron chi connectivity index (χ1n) is 9.54. The van der Waals surface area contributed by atoms with Crippen LogP contribution in [-0.2, 0) is 9.53 Å². The lowest BCUT2D eigenvalue weighted by atomic mass is 9.98. The Morgan fingerprint density at radius 1 is 1.07 bits per heavy atom. The fourth-order valence-corrected chi connectivity index (χ4v) is 4.39. The minimum atomic E-state index is -0.188. The third-order valence-corrected chi connectivity index (χ3v) is 6.03. The second-order valence-electron chi connectivity index (χ2n) is 6.92. The number of thioether (sulfide) groups is 1. The van der Waals surface area contributed by atoms with E-state index in [1.807, 2.05) is 48.5 Å². The molecule has 6 heteroatoms. The van der Waals surface area contributed by atoms with Crippen molar-refractivity contribution in [2.24, 2.45) is 0 Å². The van der Waals surface area contributed by atoms with E-state index in [0.717, 1.165) is 47.2 Å². The quantitative estimate of drug-likeness (QED) is 0.296. The summed E-state index contributed by atoms with van der Waals surface area (Å²) in [4.78, 5) is 21.7. The van der Waals surface area contributed by atoms with Crippen LogP contribution >= 0.6 is 23.4 Å². The maximum atomic E-state index is 12.3. The zero-order valence-corrected chi connectivity index (χ0v) is 17.0. The van der Waals surface area contributed by atoms with Gasteiger partial charge in [0.2, 0.25) is 0 Å². The number of hydrogen-bond donors (Lipinski definition) is 0. The lowest BCUT2D eigenvalue weighted by Gasteiger charge is -2.21. The van der Waals surface area contributed by atoms with Crippen LogP contribution in [0.4, 0.5) is 0 Å². The van der Waals surface area contributed by atoms with Crippen molar-refractivity contribution in [2.45, 2.75) is 43.2 Å². The summed E-state index contributed by atoms with van der Waals surface area (Å²) in [7, 11) is 0. The summed E-state index contributed by atoms with van der Waals surface area (Å²) in [6, 6.07) is 15.4. The van der Waals surface area contributed by atoms with Gasteiger partial charge in [-0.3, -0.25) is 4.79 Å². The normalized spacial score (nSPS) is 14.9. The molecule has 0 radical (unpaired) electrons. The standard InChI is InChI=1S/C22H21ClN2O2S/c23-16-11-12-19-18(13-16)22(25-21(24-19)15-7-3-1-4-8-15)28-14-20(26)27-17-9-5-2-6-10-17/h1,3-4,7-8,11-13,17H,2,5-6,9-10,14H2. The fraction of sp³-hybridized carbons (Fsp3) is 0.318. The smallest absolute Gasteiger partial charge is 0.316 e. The van der Waals surface area contributed by atoms with Gasteiger partial charge in [0.05, 0.1) is 11.3 Å². The number of carbonyl (C=O) groups is 1. The highest BCUT2D eigenvalue weighted by molar-refractivity contribution is 8.00. The number of nitrogens with zero attached hydrogens (tertiary/aromatic N) is 2. The molecule has 1 fully saturated rings. The van der Waals surface area contributed by atoms with E-state index < -0.39 is 0 Å². The molecule has 1 heterocycles. The predicted molar refractivity (Wildman–Crippen MR) is 114 cm³/mol. The molecule has 3 aromatic rings. The number of fused-ring (bicyclic) bond motifs is 1. The molecule has 2 aromatic carbocycles. The molecule has 1 aliphatic rings. The number of aromatic nitrogens is 2. The molecule has 0 N–H and O–H groups in total. The van der Waals surface area contributed by atoms with Crippen molar-refractivity contribution in [2.75, 3.05) is 5.75 Å². The number of carbonyl (C=O) groups excluding carboxylic acids is 1. The van der Waals surface area contributed by atoms with Crippen LogP contribution in [0, 0.1) is 0 Å². The highest BCUT2D eigenvalue weighted by Crippen LogP contribution is 2.30. The second kappa shape index (κ2) is 8.93. The summed E-state index contributed by atoms with van der Waals surface area (Å²) in [6.07, 6.45) is 5.53. The van der Waals surface area contributed by atoms with Crippen molar-refractivity contribution in [3.8, 4) is 11.4 Å². The molecule has 4 nitrogen and oxygen atoms in total. The SMILES string of the molecule is O=C(CSc1nc(-c2ccccc2)nc2ccc(Cl)cc12)OC1CCCCC1. The molecular formula is C22H21ClN2O2S. The van der Waals surface area contributed by atoms with Crippen molar-refractivity contribution in [1.29, 1.82) is 0 Å². The number of benzene rings is 2. The second-order valence-corrected chi connectivity index (χ2v) is 8.32. The Bertz CT molecular complexity index is 975. The molecule has 0 saturated heterocycles. The maximum absolute atomic E-state index is 12.3. The van der Waals surface area contributed by atoms with Gasteiger partial charge in [0, 0.05) is 16.0 Å². The molecule has 0 atom stereocenters. The predicted octanol–water partition coefficient (Wildman–Crippen LogP) is 5.92. The monoisotopic (exact) mass is 412 g/mol. The van der Waals surface area contributed by atoms with E-state index in [9.17, 15) is 4.79 Å². The number of hydrogen-bond acceptors (Lipinski definition) is 5. The summed E-state index contributed by atoms with van der Waals surface area (Å²) in [5.74, 6) is 0.675. The number of esters is 1. The van der Waals surface area contributed by atoms with Crippen molar-refractivity contribution in [3.63, 3.8) is 0 Å². The van der Waals surface area contributed by atoms with Crippen molar-refractivity contribution in [3.05, 3.63) is 53.6 Å². The maximum Gasteiger partial charge on any atom is 0.316 e. The lowest BCUT2D eigenvalue weighted by Crippen LogP contribution is -2.21. The van der Waals surface area contributed by atoms with Gasteiger partial charge < -0.3 is 4.74 Å². The highest BCUT2D eigenvalue weighted by atomic mass is 35.5. The summed E-state index contributed by atoms with van der Waals surface area (Å²) >= 11 is 7.56. The number of halogens is 1. The number of ether oxygens (including phenoxy) is 1. The first-order valence-corrected chi connectivity index (χ1v) is 10.9. The Balaban J connectivity index is 1.57. The molecule has 28 heavy (non-hydrogen) atoms. The van der Waals surface area contributed by atoms with E-state index in [1.165, 1.54) is 18.2 Å². The summed E-state index contributed by atoms with van der Waals surface area (Å²) in [5, 5.41) is 2.21. The largest absolute Gasteiger partial charge is 0.462 e. The number of rotatable bonds is 5. The van der Waals surface area contributed by atoms with E-state index >= 15 is 0 Å². The molecule has 0 bridgehead atoms. The van der Waals surface area contributed by atoms with Gasteiger partial charge in [0.25, 0.3) is 0 Å². The Hall–Kier alpha value is -2.11.